The lowest BCUT2D eigenvalue weighted by Gasteiger charge is -2.35. The van der Waals surface area contributed by atoms with E-state index in [1.807, 2.05) is 6.07 Å². The molecule has 0 aliphatic carbocycles. The number of benzene rings is 1. The molecule has 2 saturated heterocycles. The van der Waals surface area contributed by atoms with E-state index in [0.717, 1.165) is 12.8 Å². The summed E-state index contributed by atoms with van der Waals surface area (Å²) in [7, 11) is -1.72. The predicted octanol–water partition coefficient (Wildman–Crippen LogP) is 2.77. The Hall–Kier alpha value is -0.140. The number of rotatable bonds is 3. The number of hydrogen-bond donors (Lipinski definition) is 1. The van der Waals surface area contributed by atoms with E-state index >= 15 is 0 Å². The summed E-state index contributed by atoms with van der Waals surface area (Å²) in [5.41, 5.74) is 0. The second-order valence-electron chi connectivity index (χ2n) is 5.71. The van der Waals surface area contributed by atoms with E-state index in [9.17, 15) is 8.42 Å². The molecule has 2 fully saturated rings. The van der Waals surface area contributed by atoms with Crippen LogP contribution >= 0.6 is 28.3 Å². The van der Waals surface area contributed by atoms with Crippen molar-refractivity contribution >= 4 is 38.4 Å². The zero-order valence-electron chi connectivity index (χ0n) is 11.8. The van der Waals surface area contributed by atoms with Gasteiger partial charge in [0.25, 0.3) is 0 Å². The SMILES string of the molecule is CN(C1CC2CCC(C1)N2)S(=O)(=O)c1ccccc1Br.Cl. The first kappa shape index (κ1) is 17.2. The Morgan fingerprint density at radius 2 is 1.76 bits per heavy atom. The van der Waals surface area contributed by atoms with Crippen LogP contribution in [0.5, 0.6) is 0 Å². The predicted molar refractivity (Wildman–Crippen MR) is 89.3 cm³/mol. The molecule has 0 amide bonds. The van der Waals surface area contributed by atoms with Crippen LogP contribution in [0.2, 0.25) is 0 Å². The highest BCUT2D eigenvalue weighted by atomic mass is 79.9. The zero-order valence-corrected chi connectivity index (χ0v) is 15.0. The molecule has 0 saturated carbocycles. The summed E-state index contributed by atoms with van der Waals surface area (Å²) in [6, 6.07) is 8.08. The van der Waals surface area contributed by atoms with Crippen LogP contribution in [-0.2, 0) is 10.0 Å². The molecule has 1 aromatic carbocycles. The molecule has 118 valence electrons. The second kappa shape index (κ2) is 6.54. The van der Waals surface area contributed by atoms with Crippen molar-refractivity contribution in [1.82, 2.24) is 9.62 Å². The number of piperidine rings is 1. The quantitative estimate of drug-likeness (QED) is 0.856. The average molecular weight is 396 g/mol. The average Bonchev–Trinajstić information content (AvgIpc) is 2.77. The van der Waals surface area contributed by atoms with Gasteiger partial charge in [-0.05, 0) is 53.7 Å². The molecule has 2 unspecified atom stereocenters. The smallest absolute Gasteiger partial charge is 0.244 e. The number of nitrogens with one attached hydrogen (secondary N) is 1. The minimum Gasteiger partial charge on any atom is -0.311 e. The van der Waals surface area contributed by atoms with Gasteiger partial charge in [-0.15, -0.1) is 12.4 Å². The third kappa shape index (κ3) is 3.29. The number of fused-ring (bicyclic) bond motifs is 2. The van der Waals surface area contributed by atoms with Gasteiger partial charge in [-0.2, -0.15) is 4.31 Å². The Bertz CT molecular complexity index is 599. The normalized spacial score (nSPS) is 28.4. The lowest BCUT2D eigenvalue weighted by Crippen LogP contribution is -2.48. The molecule has 2 aliphatic rings. The van der Waals surface area contributed by atoms with E-state index in [0.29, 0.717) is 21.5 Å². The minimum absolute atomic E-state index is 0. The van der Waals surface area contributed by atoms with Crippen molar-refractivity contribution in [2.45, 2.75) is 48.7 Å². The Labute approximate surface area is 140 Å². The first-order valence-corrected chi connectivity index (χ1v) is 9.20. The van der Waals surface area contributed by atoms with Crippen molar-refractivity contribution in [2.75, 3.05) is 7.05 Å². The molecule has 2 atom stereocenters. The molecule has 2 bridgehead atoms. The van der Waals surface area contributed by atoms with Crippen molar-refractivity contribution in [2.24, 2.45) is 0 Å². The molecule has 2 heterocycles. The van der Waals surface area contributed by atoms with Crippen molar-refractivity contribution in [3.63, 3.8) is 0 Å². The van der Waals surface area contributed by atoms with Gasteiger partial charge in [0.1, 0.15) is 0 Å². The number of nitrogens with zero attached hydrogens (tertiary/aromatic N) is 1. The van der Waals surface area contributed by atoms with Gasteiger partial charge < -0.3 is 5.32 Å². The van der Waals surface area contributed by atoms with Crippen LogP contribution in [0.25, 0.3) is 0 Å². The molecule has 0 aromatic heterocycles. The van der Waals surface area contributed by atoms with Crippen molar-refractivity contribution in [1.29, 1.82) is 0 Å². The molecular weight excluding hydrogens is 376 g/mol. The third-order valence-electron chi connectivity index (χ3n) is 4.46. The fourth-order valence-corrected chi connectivity index (χ4v) is 5.67. The highest BCUT2D eigenvalue weighted by Gasteiger charge is 2.39. The van der Waals surface area contributed by atoms with Gasteiger partial charge in [0.2, 0.25) is 10.0 Å². The molecule has 7 heteroatoms. The van der Waals surface area contributed by atoms with Crippen LogP contribution in [0.1, 0.15) is 25.7 Å². The Morgan fingerprint density at radius 3 is 2.33 bits per heavy atom. The van der Waals surface area contributed by atoms with E-state index in [4.69, 9.17) is 0 Å². The van der Waals surface area contributed by atoms with Crippen molar-refractivity contribution in [3.05, 3.63) is 28.7 Å². The minimum atomic E-state index is -3.43. The summed E-state index contributed by atoms with van der Waals surface area (Å²) in [6.07, 6.45) is 4.17. The van der Waals surface area contributed by atoms with E-state index < -0.39 is 10.0 Å². The number of sulfonamides is 1. The number of hydrogen-bond acceptors (Lipinski definition) is 3. The third-order valence-corrected chi connectivity index (χ3v) is 7.38. The van der Waals surface area contributed by atoms with Crippen molar-refractivity contribution < 1.29 is 8.42 Å². The largest absolute Gasteiger partial charge is 0.311 e. The first-order valence-electron chi connectivity index (χ1n) is 6.97. The van der Waals surface area contributed by atoms with Gasteiger partial charge in [0.15, 0.2) is 0 Å². The Balaban J connectivity index is 0.00000161. The van der Waals surface area contributed by atoms with E-state index in [1.165, 1.54) is 12.8 Å². The van der Waals surface area contributed by atoms with E-state index in [1.54, 1.807) is 29.6 Å². The molecule has 4 nitrogen and oxygen atoms in total. The summed E-state index contributed by atoms with van der Waals surface area (Å²) in [4.78, 5) is 0.355. The van der Waals surface area contributed by atoms with E-state index in [-0.39, 0.29) is 18.4 Å². The maximum Gasteiger partial charge on any atom is 0.244 e. The zero-order chi connectivity index (χ0) is 14.3. The molecule has 21 heavy (non-hydrogen) atoms. The number of halogens is 2. The summed E-state index contributed by atoms with van der Waals surface area (Å²) in [6.45, 7) is 0. The lowest BCUT2D eigenvalue weighted by atomic mass is 10.0. The van der Waals surface area contributed by atoms with Crippen molar-refractivity contribution in [3.8, 4) is 0 Å². The standard InChI is InChI=1S/C14H19BrN2O2S.ClH/c1-17(12-8-10-6-7-11(9-12)16-10)20(18,19)14-5-3-2-4-13(14)15;/h2-5,10-12,16H,6-9H2,1H3;1H. The van der Waals surface area contributed by atoms with Crippen LogP contribution in [0.3, 0.4) is 0 Å². The van der Waals surface area contributed by atoms with Gasteiger partial charge in [0.05, 0.1) is 4.90 Å². The summed E-state index contributed by atoms with van der Waals surface area (Å²) < 4.78 is 27.7. The Kier molecular flexibility index (Phi) is 5.36. The monoisotopic (exact) mass is 394 g/mol. The van der Waals surface area contributed by atoms with Crippen LogP contribution in [-0.4, -0.2) is 37.9 Å². The Morgan fingerprint density at radius 1 is 1.19 bits per heavy atom. The molecular formula is C14H20BrClN2O2S. The molecule has 2 aliphatic heterocycles. The van der Waals surface area contributed by atoms with Crippen LogP contribution < -0.4 is 5.32 Å². The fraction of sp³-hybridized carbons (Fsp3) is 0.571. The highest BCUT2D eigenvalue weighted by molar-refractivity contribution is 9.10. The van der Waals surface area contributed by atoms with Crippen LogP contribution in [0.4, 0.5) is 0 Å². The summed E-state index contributed by atoms with van der Waals surface area (Å²) in [5, 5.41) is 3.55. The lowest BCUT2D eigenvalue weighted by molar-refractivity contribution is 0.251. The molecule has 0 radical (unpaired) electrons. The molecule has 0 spiro atoms. The van der Waals surface area contributed by atoms with Gasteiger partial charge in [-0.3, -0.25) is 0 Å². The van der Waals surface area contributed by atoms with Gasteiger partial charge in [-0.25, -0.2) is 8.42 Å². The summed E-state index contributed by atoms with van der Waals surface area (Å²) >= 11 is 3.34. The van der Waals surface area contributed by atoms with Crippen LogP contribution in [0.15, 0.2) is 33.6 Å². The topological polar surface area (TPSA) is 49.4 Å². The fourth-order valence-electron chi connectivity index (χ4n) is 3.33. The molecule has 3 rings (SSSR count). The van der Waals surface area contributed by atoms with Gasteiger partial charge in [0, 0.05) is 29.6 Å². The summed E-state index contributed by atoms with van der Waals surface area (Å²) in [5.74, 6) is 0. The van der Waals surface area contributed by atoms with E-state index in [2.05, 4.69) is 21.2 Å². The maximum absolute atomic E-state index is 12.8. The highest BCUT2D eigenvalue weighted by Crippen LogP contribution is 2.33. The first-order chi connectivity index (χ1) is 9.48. The molecule has 1 aromatic rings. The van der Waals surface area contributed by atoms with Gasteiger partial charge >= 0.3 is 0 Å². The maximum atomic E-state index is 12.8. The van der Waals surface area contributed by atoms with Crippen LogP contribution in [0, 0.1) is 0 Å². The van der Waals surface area contributed by atoms with Gasteiger partial charge in [-0.1, -0.05) is 12.1 Å². The molecule has 1 N–H and O–H groups in total. The second-order valence-corrected chi connectivity index (χ2v) is 8.54.